The highest BCUT2D eigenvalue weighted by Gasteiger charge is 2.17. The van der Waals surface area contributed by atoms with Crippen LogP contribution < -0.4 is 11.3 Å². The Morgan fingerprint density at radius 3 is 2.36 bits per heavy atom. The van der Waals surface area contributed by atoms with E-state index in [2.05, 4.69) is 17.1 Å². The number of phenols is 1. The van der Waals surface area contributed by atoms with Gasteiger partial charge in [0, 0.05) is 23.1 Å². The van der Waals surface area contributed by atoms with Crippen LogP contribution >= 0.6 is 0 Å². The summed E-state index contributed by atoms with van der Waals surface area (Å²) in [5.41, 5.74) is 5.70. The Balaban J connectivity index is 1.49. The molecule has 0 amide bonds. The standard InChI is InChI=1S/C31H30N4O4/c1-3-4-12-27-26(30(37)35(20(2)32-27)19-23-9-5-8-13-28(23)36)18-21-14-16-22(17-15-21)24-10-6-7-11-25(24)29-33-31(38)39-34-29/h5-11,13-17,36H,3-4,12,18-19H2,1-2H3,(H,33,34,38). The molecular formula is C31H30N4O4. The summed E-state index contributed by atoms with van der Waals surface area (Å²) in [5, 5.41) is 14.1. The first-order chi connectivity index (χ1) is 18.9. The Bertz CT molecular complexity index is 1710. The topological polar surface area (TPSA) is 114 Å². The van der Waals surface area contributed by atoms with Gasteiger partial charge in [-0.25, -0.2) is 9.78 Å². The minimum atomic E-state index is -0.603. The van der Waals surface area contributed by atoms with Crippen molar-refractivity contribution in [2.75, 3.05) is 0 Å². The van der Waals surface area contributed by atoms with Gasteiger partial charge in [-0.1, -0.05) is 85.2 Å². The molecule has 2 N–H and O–H groups in total. The van der Waals surface area contributed by atoms with Gasteiger partial charge in [-0.15, -0.1) is 0 Å². The number of aromatic hydroxyl groups is 1. The summed E-state index contributed by atoms with van der Waals surface area (Å²) in [4.78, 5) is 32.7. The highest BCUT2D eigenvalue weighted by molar-refractivity contribution is 5.80. The number of rotatable bonds is 9. The van der Waals surface area contributed by atoms with Crippen LogP contribution in [0.5, 0.6) is 5.75 Å². The van der Waals surface area contributed by atoms with Crippen molar-refractivity contribution in [3.63, 3.8) is 0 Å². The summed E-state index contributed by atoms with van der Waals surface area (Å²) in [6, 6.07) is 22.7. The zero-order chi connectivity index (χ0) is 27.4. The molecule has 0 fully saturated rings. The van der Waals surface area contributed by atoms with E-state index in [1.54, 1.807) is 16.7 Å². The van der Waals surface area contributed by atoms with E-state index >= 15 is 0 Å². The summed E-state index contributed by atoms with van der Waals surface area (Å²) in [6.45, 7) is 4.22. The number of para-hydroxylation sites is 1. The van der Waals surface area contributed by atoms with Crippen LogP contribution in [-0.4, -0.2) is 24.8 Å². The second kappa shape index (κ2) is 11.3. The molecule has 39 heavy (non-hydrogen) atoms. The first kappa shape index (κ1) is 25.9. The lowest BCUT2D eigenvalue weighted by Gasteiger charge is -2.16. The van der Waals surface area contributed by atoms with Gasteiger partial charge in [0.25, 0.3) is 5.56 Å². The van der Waals surface area contributed by atoms with Crippen molar-refractivity contribution in [1.29, 1.82) is 0 Å². The first-order valence-electron chi connectivity index (χ1n) is 13.1. The average Bonchev–Trinajstić information content (AvgIpc) is 3.39. The van der Waals surface area contributed by atoms with E-state index in [0.29, 0.717) is 29.2 Å². The molecule has 0 spiro atoms. The summed E-state index contributed by atoms with van der Waals surface area (Å²) in [5.74, 6) is 0.562. The van der Waals surface area contributed by atoms with E-state index in [4.69, 9.17) is 9.51 Å². The van der Waals surface area contributed by atoms with Crippen molar-refractivity contribution in [2.45, 2.75) is 46.1 Å². The highest BCUT2D eigenvalue weighted by atomic mass is 16.5. The van der Waals surface area contributed by atoms with Crippen molar-refractivity contribution < 1.29 is 9.63 Å². The second-order valence-electron chi connectivity index (χ2n) is 9.57. The van der Waals surface area contributed by atoms with Gasteiger partial charge < -0.3 is 5.11 Å². The predicted molar refractivity (Wildman–Crippen MR) is 150 cm³/mol. The zero-order valence-electron chi connectivity index (χ0n) is 22.0. The van der Waals surface area contributed by atoms with Gasteiger partial charge in [-0.3, -0.25) is 18.9 Å². The number of benzene rings is 3. The number of nitrogens with one attached hydrogen (secondary N) is 1. The molecule has 2 heterocycles. The number of phenolic OH excluding ortho intramolecular Hbond substituents is 1. The fraction of sp³-hybridized carbons (Fsp3) is 0.226. The van der Waals surface area contributed by atoms with E-state index < -0.39 is 5.76 Å². The molecular weight excluding hydrogens is 492 g/mol. The quantitative estimate of drug-likeness (QED) is 0.273. The minimum absolute atomic E-state index is 0.0822. The third-order valence-electron chi connectivity index (χ3n) is 6.89. The number of aryl methyl sites for hydroxylation is 2. The molecule has 0 saturated carbocycles. The number of hydrogen-bond acceptors (Lipinski definition) is 6. The van der Waals surface area contributed by atoms with E-state index in [9.17, 15) is 14.7 Å². The van der Waals surface area contributed by atoms with E-state index in [1.807, 2.05) is 67.6 Å². The van der Waals surface area contributed by atoms with Crippen molar-refractivity contribution in [3.05, 3.63) is 122 Å². The van der Waals surface area contributed by atoms with Crippen molar-refractivity contribution >= 4 is 0 Å². The fourth-order valence-corrected chi connectivity index (χ4v) is 4.78. The van der Waals surface area contributed by atoms with E-state index in [0.717, 1.165) is 47.2 Å². The Morgan fingerprint density at radius 1 is 0.949 bits per heavy atom. The molecule has 0 aliphatic carbocycles. The number of nitrogens with zero attached hydrogens (tertiary/aromatic N) is 3. The van der Waals surface area contributed by atoms with Gasteiger partial charge in [0.05, 0.1) is 12.2 Å². The molecule has 198 valence electrons. The van der Waals surface area contributed by atoms with Gasteiger partial charge >= 0.3 is 5.76 Å². The van der Waals surface area contributed by atoms with Crippen LogP contribution in [0.4, 0.5) is 0 Å². The lowest BCUT2D eigenvalue weighted by atomic mass is 9.96. The molecule has 2 aromatic heterocycles. The molecule has 0 atom stereocenters. The summed E-state index contributed by atoms with van der Waals surface area (Å²) < 4.78 is 6.34. The van der Waals surface area contributed by atoms with Gasteiger partial charge in [0.2, 0.25) is 0 Å². The van der Waals surface area contributed by atoms with Crippen LogP contribution in [0, 0.1) is 6.92 Å². The normalized spacial score (nSPS) is 11.1. The van der Waals surface area contributed by atoms with Gasteiger partial charge in [-0.2, -0.15) is 0 Å². The largest absolute Gasteiger partial charge is 0.508 e. The highest BCUT2D eigenvalue weighted by Crippen LogP contribution is 2.30. The van der Waals surface area contributed by atoms with Crippen molar-refractivity contribution in [1.82, 2.24) is 19.7 Å². The molecule has 8 heteroatoms. The Hall–Kier alpha value is -4.72. The smallest absolute Gasteiger partial charge is 0.439 e. The molecule has 3 aromatic carbocycles. The van der Waals surface area contributed by atoms with Crippen molar-refractivity contribution in [3.8, 4) is 28.3 Å². The second-order valence-corrected chi connectivity index (χ2v) is 9.57. The molecule has 0 aliphatic heterocycles. The molecule has 0 radical (unpaired) electrons. The number of unbranched alkanes of at least 4 members (excludes halogenated alkanes) is 1. The Kier molecular flexibility index (Phi) is 7.54. The Morgan fingerprint density at radius 2 is 1.67 bits per heavy atom. The lowest BCUT2D eigenvalue weighted by molar-refractivity contribution is 0.388. The number of aromatic nitrogens is 4. The maximum Gasteiger partial charge on any atom is 0.439 e. The van der Waals surface area contributed by atoms with Gasteiger partial charge in [0.1, 0.15) is 11.6 Å². The van der Waals surface area contributed by atoms with Crippen LogP contribution in [0.15, 0.2) is 86.9 Å². The Labute approximate surface area is 225 Å². The van der Waals surface area contributed by atoms with Crippen molar-refractivity contribution in [2.24, 2.45) is 0 Å². The molecule has 5 aromatic rings. The van der Waals surface area contributed by atoms with Crippen LogP contribution in [0.25, 0.3) is 22.5 Å². The van der Waals surface area contributed by atoms with Gasteiger partial charge in [-0.05, 0) is 42.5 Å². The van der Waals surface area contributed by atoms with E-state index in [1.165, 1.54) is 0 Å². The summed E-state index contributed by atoms with van der Waals surface area (Å²) in [7, 11) is 0. The fourth-order valence-electron chi connectivity index (χ4n) is 4.78. The maximum atomic E-state index is 13.8. The maximum absolute atomic E-state index is 13.8. The number of hydrogen-bond donors (Lipinski definition) is 2. The van der Waals surface area contributed by atoms with E-state index in [-0.39, 0.29) is 17.9 Å². The molecule has 5 rings (SSSR count). The number of H-pyrrole nitrogens is 1. The molecule has 8 nitrogen and oxygen atoms in total. The lowest BCUT2D eigenvalue weighted by Crippen LogP contribution is -2.30. The molecule has 0 bridgehead atoms. The van der Waals surface area contributed by atoms with Crippen LogP contribution in [-0.2, 0) is 19.4 Å². The van der Waals surface area contributed by atoms with Crippen LogP contribution in [0.1, 0.15) is 48.0 Å². The third kappa shape index (κ3) is 5.60. The summed E-state index contributed by atoms with van der Waals surface area (Å²) >= 11 is 0. The minimum Gasteiger partial charge on any atom is -0.508 e. The first-order valence-corrected chi connectivity index (χ1v) is 13.1. The van der Waals surface area contributed by atoms with Crippen LogP contribution in [0.3, 0.4) is 0 Å². The predicted octanol–water partition coefficient (Wildman–Crippen LogP) is 5.25. The number of aromatic amines is 1. The third-order valence-corrected chi connectivity index (χ3v) is 6.89. The molecule has 0 unspecified atom stereocenters. The van der Waals surface area contributed by atoms with Gasteiger partial charge in [0.15, 0.2) is 5.82 Å². The monoisotopic (exact) mass is 522 g/mol. The molecule has 0 saturated heterocycles. The average molecular weight is 523 g/mol. The molecule has 0 aliphatic rings. The zero-order valence-corrected chi connectivity index (χ0v) is 22.0. The SMILES string of the molecule is CCCCc1nc(C)n(Cc2ccccc2O)c(=O)c1Cc1ccc(-c2ccccc2-c2noc(=O)[nH]2)cc1. The van der Waals surface area contributed by atoms with Crippen LogP contribution in [0.2, 0.25) is 0 Å². The summed E-state index contributed by atoms with van der Waals surface area (Å²) in [6.07, 6.45) is 3.14.